The highest BCUT2D eigenvalue weighted by molar-refractivity contribution is 5.05. The van der Waals surface area contributed by atoms with Crippen LogP contribution in [-0.2, 0) is 0 Å². The normalized spacial score (nSPS) is 50.2. The number of allylic oxidation sites excluding steroid dienone is 1. The van der Waals surface area contributed by atoms with Crippen molar-refractivity contribution in [2.45, 2.75) is 56.5 Å². The van der Waals surface area contributed by atoms with Crippen LogP contribution >= 0.6 is 0 Å². The summed E-state index contributed by atoms with van der Waals surface area (Å²) >= 11 is 0. The Kier molecular flexibility index (Phi) is 2.96. The van der Waals surface area contributed by atoms with Crippen molar-refractivity contribution >= 4 is 0 Å². The zero-order chi connectivity index (χ0) is 19.3. The van der Waals surface area contributed by atoms with Crippen LogP contribution in [0, 0.1) is 11.8 Å². The van der Waals surface area contributed by atoms with E-state index in [1.807, 2.05) is 0 Å². The molecule has 0 aromatic heterocycles. The van der Waals surface area contributed by atoms with E-state index in [0.717, 1.165) is 31.4 Å². The number of hydrogen-bond donors (Lipinski definition) is 2. The number of aliphatic hydroxyl groups is 2. The van der Waals surface area contributed by atoms with Crippen LogP contribution in [0.5, 0.6) is 0 Å². The van der Waals surface area contributed by atoms with Crippen LogP contribution < -0.4 is 0 Å². The smallest absolute Gasteiger partial charge is 0.0721 e. The van der Waals surface area contributed by atoms with E-state index in [1.165, 1.54) is 0 Å². The fraction of sp³-hybridized carbons (Fsp3) is 0.875. The zero-order valence-electron chi connectivity index (χ0n) is 17.8. The average Bonchev–Trinajstić information content (AvgIpc) is 2.49. The largest absolute Gasteiger partial charge is 0.390 e. The summed E-state index contributed by atoms with van der Waals surface area (Å²) < 4.78 is 49.4. The summed E-state index contributed by atoms with van der Waals surface area (Å²) in [6.07, 6.45) is -3.29. The quantitative estimate of drug-likeness (QED) is 0.772. The topological polar surface area (TPSA) is 43.7 Å². The highest BCUT2D eigenvalue weighted by Crippen LogP contribution is 2.41. The molecular formula is C16H29NO2. The molecule has 2 N–H and O–H groups in total. The van der Waals surface area contributed by atoms with Crippen molar-refractivity contribution in [3.8, 4) is 0 Å². The summed E-state index contributed by atoms with van der Waals surface area (Å²) in [7, 11) is 3.53. The fourth-order valence-electron chi connectivity index (χ4n) is 3.03. The molecule has 3 heteroatoms. The van der Waals surface area contributed by atoms with E-state index in [2.05, 4.69) is 0 Å². The molecule has 0 bridgehead atoms. The summed E-state index contributed by atoms with van der Waals surface area (Å²) in [5, 5.41) is 21.3. The lowest BCUT2D eigenvalue weighted by atomic mass is 9.68. The molecule has 3 nitrogen and oxygen atoms in total. The SMILES string of the molecule is [2H]C1(O)C=CC([2H])(C(CN(C)C)C2(O)CCCCC2)C([2H])([2H])C1([2H])[2H]. The third kappa shape index (κ3) is 3.80. The van der Waals surface area contributed by atoms with Crippen LogP contribution in [0.3, 0.4) is 0 Å². The van der Waals surface area contributed by atoms with Crippen LogP contribution in [0.25, 0.3) is 0 Å². The van der Waals surface area contributed by atoms with E-state index in [1.54, 1.807) is 19.0 Å². The molecule has 2 aliphatic rings. The molecule has 3 unspecified atom stereocenters. The number of rotatable bonds is 4. The molecule has 2 rings (SSSR count). The fourth-order valence-corrected chi connectivity index (χ4v) is 3.03. The Labute approximate surface area is 125 Å². The molecule has 0 amide bonds. The van der Waals surface area contributed by atoms with Gasteiger partial charge in [0, 0.05) is 19.3 Å². The van der Waals surface area contributed by atoms with Crippen LogP contribution in [-0.4, -0.2) is 47.4 Å². The van der Waals surface area contributed by atoms with Crippen LogP contribution in [0.4, 0.5) is 0 Å². The number of hydrogen-bond acceptors (Lipinski definition) is 3. The lowest BCUT2D eigenvalue weighted by Gasteiger charge is -2.44. The lowest BCUT2D eigenvalue weighted by Crippen LogP contribution is -2.48. The van der Waals surface area contributed by atoms with E-state index in [9.17, 15) is 10.2 Å². The first kappa shape index (κ1) is 8.81. The molecule has 0 aliphatic heterocycles. The van der Waals surface area contributed by atoms with Gasteiger partial charge < -0.3 is 15.1 Å². The van der Waals surface area contributed by atoms with Gasteiger partial charge in [0.05, 0.1) is 13.1 Å². The molecule has 19 heavy (non-hydrogen) atoms. The minimum absolute atomic E-state index is 0.205. The monoisotopic (exact) mass is 273 g/mol. The third-order valence-electron chi connectivity index (χ3n) is 4.05. The Hall–Kier alpha value is -0.380. The van der Waals surface area contributed by atoms with Gasteiger partial charge in [0.2, 0.25) is 0 Å². The van der Waals surface area contributed by atoms with Crippen LogP contribution in [0.15, 0.2) is 12.2 Å². The zero-order valence-corrected chi connectivity index (χ0v) is 11.8. The van der Waals surface area contributed by atoms with Gasteiger partial charge in [-0.15, -0.1) is 0 Å². The van der Waals surface area contributed by atoms with Gasteiger partial charge in [-0.3, -0.25) is 0 Å². The van der Waals surface area contributed by atoms with Crippen molar-refractivity contribution in [2.75, 3.05) is 20.6 Å². The van der Waals surface area contributed by atoms with Crippen molar-refractivity contribution in [1.29, 1.82) is 0 Å². The number of nitrogens with zero attached hydrogens (tertiary/aromatic N) is 1. The van der Waals surface area contributed by atoms with Gasteiger partial charge in [-0.1, -0.05) is 31.4 Å². The van der Waals surface area contributed by atoms with Gasteiger partial charge in [0.15, 0.2) is 0 Å². The first-order valence-corrected chi connectivity index (χ1v) is 7.01. The Morgan fingerprint density at radius 1 is 1.32 bits per heavy atom. The van der Waals surface area contributed by atoms with Gasteiger partial charge in [0.1, 0.15) is 0 Å². The molecule has 0 saturated heterocycles. The van der Waals surface area contributed by atoms with Gasteiger partial charge in [-0.05, 0) is 45.6 Å². The van der Waals surface area contributed by atoms with Gasteiger partial charge in [0.25, 0.3) is 0 Å². The van der Waals surface area contributed by atoms with Crippen LogP contribution in [0.2, 0.25) is 0 Å². The van der Waals surface area contributed by atoms with E-state index in [4.69, 9.17) is 8.22 Å². The molecule has 0 heterocycles. The summed E-state index contributed by atoms with van der Waals surface area (Å²) in [6.45, 7) is 0.205. The molecule has 110 valence electrons. The van der Waals surface area contributed by atoms with Crippen molar-refractivity contribution in [3.63, 3.8) is 0 Å². The van der Waals surface area contributed by atoms with E-state index in [-0.39, 0.29) is 6.54 Å². The maximum atomic E-state index is 11.3. The maximum absolute atomic E-state index is 11.3. The van der Waals surface area contributed by atoms with Gasteiger partial charge in [-0.2, -0.15) is 0 Å². The molecule has 0 aromatic rings. The molecule has 0 radical (unpaired) electrons. The molecule has 2 aliphatic carbocycles. The Morgan fingerprint density at radius 3 is 2.63 bits per heavy atom. The minimum atomic E-state index is -2.99. The first-order valence-electron chi connectivity index (χ1n) is 10.0. The Balaban J connectivity index is 2.58. The molecule has 0 aromatic carbocycles. The van der Waals surface area contributed by atoms with Gasteiger partial charge in [-0.25, -0.2) is 0 Å². The summed E-state index contributed by atoms with van der Waals surface area (Å²) in [5.74, 6) is -3.01. The van der Waals surface area contributed by atoms with E-state index >= 15 is 0 Å². The highest BCUT2D eigenvalue weighted by atomic mass is 16.3. The van der Waals surface area contributed by atoms with Crippen molar-refractivity contribution in [3.05, 3.63) is 12.2 Å². The molecular weight excluding hydrogens is 238 g/mol. The summed E-state index contributed by atoms with van der Waals surface area (Å²) in [4.78, 5) is 1.76. The Bertz CT molecular complexity index is 531. The first-order chi connectivity index (χ1) is 11.2. The average molecular weight is 273 g/mol. The molecule has 1 saturated carbocycles. The molecule has 1 fully saturated rings. The second-order valence-corrected chi connectivity index (χ2v) is 5.90. The van der Waals surface area contributed by atoms with Crippen molar-refractivity contribution in [2.24, 2.45) is 11.8 Å². The molecule has 3 atom stereocenters. The van der Waals surface area contributed by atoms with Crippen LogP contribution in [0.1, 0.15) is 53.1 Å². The predicted octanol–water partition coefficient (Wildman–Crippen LogP) is 2.19. The standard InChI is InChI=1S/C16H29NO2/c1-17(2)12-15(13-6-8-14(18)9-7-13)16(19)10-4-3-5-11-16/h6,8,13-15,18-19H,3-5,7,9-12H2,1-2H3/i7D2,9D2,13D,14D. The third-order valence-corrected chi connectivity index (χ3v) is 4.05. The van der Waals surface area contributed by atoms with Gasteiger partial charge >= 0.3 is 0 Å². The van der Waals surface area contributed by atoms with Crippen molar-refractivity contribution < 1.29 is 18.4 Å². The highest BCUT2D eigenvalue weighted by Gasteiger charge is 2.41. The van der Waals surface area contributed by atoms with E-state index in [0.29, 0.717) is 12.8 Å². The summed E-state index contributed by atoms with van der Waals surface area (Å²) in [6, 6.07) is 0. The molecule has 0 spiro atoms. The van der Waals surface area contributed by atoms with Crippen molar-refractivity contribution in [1.82, 2.24) is 4.90 Å². The maximum Gasteiger partial charge on any atom is 0.0721 e. The second kappa shape index (κ2) is 6.38. The minimum Gasteiger partial charge on any atom is -0.390 e. The lowest BCUT2D eigenvalue weighted by molar-refractivity contribution is -0.0734. The Morgan fingerprint density at radius 2 is 2.00 bits per heavy atom. The van der Waals surface area contributed by atoms with E-state index < -0.39 is 36.2 Å². The predicted molar refractivity (Wildman–Crippen MR) is 77.9 cm³/mol. The summed E-state index contributed by atoms with van der Waals surface area (Å²) in [5.41, 5.74) is -1.28. The second-order valence-electron chi connectivity index (χ2n) is 5.90.